The molecule has 0 saturated carbocycles. The Labute approximate surface area is 215 Å². The van der Waals surface area contributed by atoms with Gasteiger partial charge >= 0.3 is 0 Å². The third kappa shape index (κ3) is 5.92. The van der Waals surface area contributed by atoms with Crippen molar-refractivity contribution in [1.82, 2.24) is 25.1 Å². The lowest BCUT2D eigenvalue weighted by atomic mass is 10.1. The number of aryl methyl sites for hydroxylation is 1. The molecule has 4 rings (SSSR count). The van der Waals surface area contributed by atoms with Gasteiger partial charge in [-0.1, -0.05) is 44.2 Å². The van der Waals surface area contributed by atoms with Crippen LogP contribution in [0.5, 0.6) is 0 Å². The van der Waals surface area contributed by atoms with Gasteiger partial charge in [0.05, 0.1) is 18.2 Å². The molecule has 37 heavy (non-hydrogen) atoms. The predicted octanol–water partition coefficient (Wildman–Crippen LogP) is 4.55. The zero-order chi connectivity index (χ0) is 26.5. The van der Waals surface area contributed by atoms with Crippen LogP contribution in [0.25, 0.3) is 11.5 Å². The maximum absolute atomic E-state index is 12.4. The van der Waals surface area contributed by atoms with E-state index >= 15 is 0 Å². The lowest BCUT2D eigenvalue weighted by molar-refractivity contribution is 0.0827. The van der Waals surface area contributed by atoms with Gasteiger partial charge in [0.25, 0.3) is 11.8 Å². The van der Waals surface area contributed by atoms with Crippen molar-refractivity contribution in [3.8, 4) is 11.5 Å². The number of benzene rings is 2. The van der Waals surface area contributed by atoms with Crippen molar-refractivity contribution in [3.63, 3.8) is 0 Å². The summed E-state index contributed by atoms with van der Waals surface area (Å²) < 4.78 is 5.86. The van der Waals surface area contributed by atoms with E-state index in [9.17, 15) is 9.90 Å². The number of anilines is 3. The Hall–Kier alpha value is -4.31. The number of amides is 1. The Morgan fingerprint density at radius 1 is 1.11 bits per heavy atom. The number of carbonyl (C=O) groups excluding carboxylic acids is 1. The van der Waals surface area contributed by atoms with Gasteiger partial charge in [0.15, 0.2) is 0 Å². The molecular weight excluding hydrogens is 470 g/mol. The van der Waals surface area contributed by atoms with Crippen LogP contribution in [0.4, 0.5) is 17.5 Å². The summed E-state index contributed by atoms with van der Waals surface area (Å²) in [5, 5.41) is 24.9. The zero-order valence-electron chi connectivity index (χ0n) is 21.6. The standard InChI is InChI=1S/C27H31N7O3/c1-16(2)24-32-33-25(37-24)21-14-28-27(29-19-11-12-20(17(3)13-19)26(36)34(4)5)31-23(21)30-22(15-35)18-9-7-6-8-10-18/h6-14,16,22,35H,15H2,1-5H3,(H2,28,29,30,31)/t22-/m1/s1. The van der Waals surface area contributed by atoms with Crippen molar-refractivity contribution in [2.75, 3.05) is 31.3 Å². The van der Waals surface area contributed by atoms with E-state index in [-0.39, 0.29) is 24.3 Å². The summed E-state index contributed by atoms with van der Waals surface area (Å²) in [7, 11) is 3.45. The number of rotatable bonds is 9. The average molecular weight is 502 g/mol. The maximum Gasteiger partial charge on any atom is 0.253 e. The molecule has 0 aliphatic carbocycles. The minimum absolute atomic E-state index is 0.0626. The summed E-state index contributed by atoms with van der Waals surface area (Å²) in [6.45, 7) is 5.66. The van der Waals surface area contributed by atoms with Gasteiger partial charge in [-0.3, -0.25) is 4.79 Å². The van der Waals surface area contributed by atoms with E-state index in [1.54, 1.807) is 31.3 Å². The molecule has 0 saturated heterocycles. The topological polar surface area (TPSA) is 129 Å². The molecule has 0 aliphatic heterocycles. The van der Waals surface area contributed by atoms with Gasteiger partial charge in [-0.2, -0.15) is 4.98 Å². The largest absolute Gasteiger partial charge is 0.420 e. The Balaban J connectivity index is 1.68. The van der Waals surface area contributed by atoms with Gasteiger partial charge < -0.3 is 25.1 Å². The normalized spacial score (nSPS) is 11.9. The average Bonchev–Trinajstić information content (AvgIpc) is 3.38. The molecule has 4 aromatic rings. The second-order valence-electron chi connectivity index (χ2n) is 9.20. The van der Waals surface area contributed by atoms with Crippen LogP contribution in [0.2, 0.25) is 0 Å². The molecule has 2 aromatic carbocycles. The molecule has 0 bridgehead atoms. The number of hydrogen-bond acceptors (Lipinski definition) is 9. The lowest BCUT2D eigenvalue weighted by Crippen LogP contribution is -2.22. The van der Waals surface area contributed by atoms with Crippen LogP contribution in [-0.2, 0) is 0 Å². The van der Waals surface area contributed by atoms with Crippen LogP contribution < -0.4 is 10.6 Å². The molecule has 1 atom stereocenters. The van der Waals surface area contributed by atoms with Gasteiger partial charge in [-0.25, -0.2) is 4.98 Å². The Morgan fingerprint density at radius 2 is 1.86 bits per heavy atom. The van der Waals surface area contributed by atoms with Crippen LogP contribution in [-0.4, -0.2) is 56.8 Å². The van der Waals surface area contributed by atoms with Crippen molar-refractivity contribution >= 4 is 23.4 Å². The van der Waals surface area contributed by atoms with Crippen molar-refractivity contribution in [2.45, 2.75) is 32.7 Å². The summed E-state index contributed by atoms with van der Waals surface area (Å²) in [4.78, 5) is 23.1. The highest BCUT2D eigenvalue weighted by Gasteiger charge is 2.20. The van der Waals surface area contributed by atoms with Gasteiger partial charge in [0.1, 0.15) is 5.82 Å². The first-order valence-corrected chi connectivity index (χ1v) is 12.0. The molecule has 0 unspecified atom stereocenters. The number of carbonyl (C=O) groups is 1. The summed E-state index contributed by atoms with van der Waals surface area (Å²) in [6.07, 6.45) is 1.60. The summed E-state index contributed by atoms with van der Waals surface area (Å²) in [5.74, 6) is 1.55. The number of aromatic nitrogens is 4. The predicted molar refractivity (Wildman–Crippen MR) is 142 cm³/mol. The molecule has 3 N–H and O–H groups in total. The lowest BCUT2D eigenvalue weighted by Gasteiger charge is -2.19. The maximum atomic E-state index is 12.4. The molecule has 2 aromatic heterocycles. The van der Waals surface area contributed by atoms with Crippen LogP contribution in [0, 0.1) is 6.92 Å². The van der Waals surface area contributed by atoms with E-state index in [0.717, 1.165) is 16.8 Å². The van der Waals surface area contributed by atoms with Gasteiger partial charge in [0.2, 0.25) is 11.8 Å². The van der Waals surface area contributed by atoms with Crippen molar-refractivity contribution in [1.29, 1.82) is 0 Å². The fraction of sp³-hybridized carbons (Fsp3) is 0.296. The summed E-state index contributed by atoms with van der Waals surface area (Å²) in [6, 6.07) is 14.6. The van der Waals surface area contributed by atoms with E-state index in [1.807, 2.05) is 63.2 Å². The molecule has 0 spiro atoms. The Kier molecular flexibility index (Phi) is 7.78. The molecule has 0 fully saturated rings. The highest BCUT2D eigenvalue weighted by atomic mass is 16.4. The fourth-order valence-corrected chi connectivity index (χ4v) is 3.72. The van der Waals surface area contributed by atoms with Crippen molar-refractivity contribution in [2.24, 2.45) is 0 Å². The van der Waals surface area contributed by atoms with Gasteiger partial charge in [0, 0.05) is 37.5 Å². The molecule has 192 valence electrons. The van der Waals surface area contributed by atoms with Crippen LogP contribution in [0.15, 0.2) is 59.1 Å². The van der Waals surface area contributed by atoms with Crippen LogP contribution in [0.1, 0.15) is 53.2 Å². The number of aliphatic hydroxyl groups is 1. The van der Waals surface area contributed by atoms with E-state index in [1.165, 1.54) is 0 Å². The highest BCUT2D eigenvalue weighted by molar-refractivity contribution is 5.95. The van der Waals surface area contributed by atoms with Crippen LogP contribution in [0.3, 0.4) is 0 Å². The van der Waals surface area contributed by atoms with Gasteiger partial charge in [-0.05, 0) is 36.2 Å². The molecule has 1 amide bonds. The third-order valence-electron chi connectivity index (χ3n) is 5.77. The smallest absolute Gasteiger partial charge is 0.253 e. The highest BCUT2D eigenvalue weighted by Crippen LogP contribution is 2.31. The SMILES string of the molecule is Cc1cc(Nc2ncc(-c3nnc(C(C)C)o3)c(N[C@H](CO)c3ccccc3)n2)ccc1C(=O)N(C)C. The van der Waals surface area contributed by atoms with E-state index in [2.05, 4.69) is 30.8 Å². The molecule has 0 aliphatic rings. The van der Waals surface area contributed by atoms with Crippen LogP contribution >= 0.6 is 0 Å². The van der Waals surface area contributed by atoms with Crippen molar-refractivity contribution < 1.29 is 14.3 Å². The number of nitrogens with zero attached hydrogens (tertiary/aromatic N) is 5. The Morgan fingerprint density at radius 3 is 2.49 bits per heavy atom. The molecule has 10 heteroatoms. The minimum Gasteiger partial charge on any atom is -0.420 e. The zero-order valence-corrected chi connectivity index (χ0v) is 21.6. The fourth-order valence-electron chi connectivity index (χ4n) is 3.72. The quantitative estimate of drug-likeness (QED) is 0.302. The summed E-state index contributed by atoms with van der Waals surface area (Å²) >= 11 is 0. The molecule has 0 radical (unpaired) electrons. The van der Waals surface area contributed by atoms with E-state index in [4.69, 9.17) is 4.42 Å². The first kappa shape index (κ1) is 25.8. The van der Waals surface area contributed by atoms with Crippen molar-refractivity contribution in [3.05, 3.63) is 77.3 Å². The number of aliphatic hydroxyl groups excluding tert-OH is 1. The van der Waals surface area contributed by atoms with Gasteiger partial charge in [-0.15, -0.1) is 10.2 Å². The first-order chi connectivity index (χ1) is 17.8. The van der Waals surface area contributed by atoms with E-state index < -0.39 is 6.04 Å². The first-order valence-electron chi connectivity index (χ1n) is 12.0. The third-order valence-corrected chi connectivity index (χ3v) is 5.77. The second kappa shape index (κ2) is 11.2. The molecule has 2 heterocycles. The number of nitrogens with one attached hydrogen (secondary N) is 2. The van der Waals surface area contributed by atoms with E-state index in [0.29, 0.717) is 28.8 Å². The minimum atomic E-state index is -0.422. The second-order valence-corrected chi connectivity index (χ2v) is 9.20. The number of hydrogen-bond donors (Lipinski definition) is 3. The monoisotopic (exact) mass is 501 g/mol. The summed E-state index contributed by atoms with van der Waals surface area (Å²) in [5.41, 5.74) is 3.60. The Bertz CT molecular complexity index is 1370. The molecular formula is C27H31N7O3. The molecule has 10 nitrogen and oxygen atoms in total.